The Balaban J connectivity index is 1.96. The van der Waals surface area contributed by atoms with E-state index in [2.05, 4.69) is 35.7 Å². The number of carbonyl (C=O) groups excluding carboxylic acids is 1. The summed E-state index contributed by atoms with van der Waals surface area (Å²) in [5, 5.41) is 4.08. The van der Waals surface area contributed by atoms with Crippen molar-refractivity contribution >= 4 is 11.7 Å². The van der Waals surface area contributed by atoms with Gasteiger partial charge in [-0.15, -0.1) is 0 Å². The van der Waals surface area contributed by atoms with Gasteiger partial charge in [0.15, 0.2) is 0 Å². The third-order valence-electron chi connectivity index (χ3n) is 4.81. The van der Waals surface area contributed by atoms with Gasteiger partial charge in [-0.25, -0.2) is 10.2 Å². The van der Waals surface area contributed by atoms with E-state index in [0.29, 0.717) is 0 Å². The lowest BCUT2D eigenvalue weighted by atomic mass is 9.63. The first kappa shape index (κ1) is 14.6. The van der Waals surface area contributed by atoms with Crippen molar-refractivity contribution in [2.75, 3.05) is 7.11 Å². The molecule has 2 aliphatic carbocycles. The van der Waals surface area contributed by atoms with Gasteiger partial charge >= 0.3 is 6.03 Å². The molecule has 0 saturated heterocycles. The van der Waals surface area contributed by atoms with E-state index in [4.69, 9.17) is 10.5 Å². The summed E-state index contributed by atoms with van der Waals surface area (Å²) in [4.78, 5) is 10.8. The minimum Gasteiger partial charge on any atom is -0.497 e. The van der Waals surface area contributed by atoms with E-state index in [1.165, 1.54) is 16.7 Å². The molecule has 0 aromatic heterocycles. The van der Waals surface area contributed by atoms with Gasteiger partial charge in [-0.1, -0.05) is 18.6 Å². The average molecular weight is 299 g/mol. The third-order valence-corrected chi connectivity index (χ3v) is 4.81. The van der Waals surface area contributed by atoms with Crippen LogP contribution in [-0.4, -0.2) is 18.9 Å². The lowest BCUT2D eigenvalue weighted by Crippen LogP contribution is -2.35. The lowest BCUT2D eigenvalue weighted by Gasteiger charge is -2.41. The number of hydrogen-bond donors (Lipinski definition) is 2. The van der Waals surface area contributed by atoms with Crippen molar-refractivity contribution < 1.29 is 9.53 Å². The second-order valence-corrected chi connectivity index (χ2v) is 6.10. The molecule has 5 heteroatoms. The van der Waals surface area contributed by atoms with Gasteiger partial charge < -0.3 is 10.5 Å². The maximum Gasteiger partial charge on any atom is 0.332 e. The fraction of sp³-hybridized carbons (Fsp3) is 0.412. The van der Waals surface area contributed by atoms with Crippen molar-refractivity contribution in [3.63, 3.8) is 0 Å². The van der Waals surface area contributed by atoms with Gasteiger partial charge in [0.25, 0.3) is 0 Å². The maximum absolute atomic E-state index is 10.8. The van der Waals surface area contributed by atoms with Crippen LogP contribution < -0.4 is 15.9 Å². The van der Waals surface area contributed by atoms with Crippen molar-refractivity contribution in [3.05, 3.63) is 41.0 Å². The summed E-state index contributed by atoms with van der Waals surface area (Å²) in [5.41, 5.74) is 12.5. The number of hydrogen-bond acceptors (Lipinski definition) is 3. The van der Waals surface area contributed by atoms with E-state index in [0.717, 1.165) is 37.1 Å². The van der Waals surface area contributed by atoms with Gasteiger partial charge in [0, 0.05) is 5.41 Å². The molecule has 0 radical (unpaired) electrons. The summed E-state index contributed by atoms with van der Waals surface area (Å²) in [5.74, 6) is 0.915. The lowest BCUT2D eigenvalue weighted by molar-refractivity contribution is 0.249. The molecule has 2 amide bonds. The Morgan fingerprint density at radius 2 is 2.18 bits per heavy atom. The molecule has 3 rings (SSSR count). The molecule has 5 nitrogen and oxygen atoms in total. The van der Waals surface area contributed by atoms with Crippen LogP contribution in [-0.2, 0) is 11.8 Å². The Morgan fingerprint density at radius 1 is 1.36 bits per heavy atom. The van der Waals surface area contributed by atoms with Crippen LogP contribution >= 0.6 is 0 Å². The highest BCUT2D eigenvalue weighted by molar-refractivity contribution is 5.97. The maximum atomic E-state index is 10.8. The van der Waals surface area contributed by atoms with Crippen molar-refractivity contribution in [2.45, 2.75) is 38.0 Å². The first-order chi connectivity index (χ1) is 10.5. The zero-order chi connectivity index (χ0) is 15.7. The largest absolute Gasteiger partial charge is 0.497 e. The van der Waals surface area contributed by atoms with Crippen LogP contribution in [0.3, 0.4) is 0 Å². The van der Waals surface area contributed by atoms with Gasteiger partial charge in [-0.05, 0) is 55.0 Å². The van der Waals surface area contributed by atoms with Crippen LogP contribution in [0.15, 0.2) is 34.9 Å². The number of urea groups is 1. The number of rotatable bonds is 2. The van der Waals surface area contributed by atoms with Gasteiger partial charge in [0.05, 0.1) is 12.8 Å². The highest BCUT2D eigenvalue weighted by Crippen LogP contribution is 2.47. The Morgan fingerprint density at radius 3 is 2.91 bits per heavy atom. The van der Waals surface area contributed by atoms with E-state index in [1.54, 1.807) is 7.11 Å². The Hall–Kier alpha value is -2.30. The molecule has 116 valence electrons. The first-order valence-corrected chi connectivity index (χ1v) is 7.53. The highest BCUT2D eigenvalue weighted by Gasteiger charge is 2.38. The van der Waals surface area contributed by atoms with Crippen molar-refractivity contribution in [1.29, 1.82) is 0 Å². The summed E-state index contributed by atoms with van der Waals surface area (Å²) in [7, 11) is 1.70. The van der Waals surface area contributed by atoms with Crippen LogP contribution in [0.4, 0.5) is 4.79 Å². The molecule has 0 spiro atoms. The number of carbonyl (C=O) groups is 1. The number of aryl methyl sites for hydroxylation is 1. The normalized spacial score (nSPS) is 25.0. The van der Waals surface area contributed by atoms with Crippen LogP contribution in [0.25, 0.3) is 0 Å². The zero-order valence-corrected chi connectivity index (χ0v) is 13.0. The number of nitrogens with zero attached hydrogens (tertiary/aromatic N) is 1. The topological polar surface area (TPSA) is 76.7 Å². The first-order valence-electron chi connectivity index (χ1n) is 7.53. The standard InChI is InChI=1S/C17H21N3O2/c1-17-8-7-13(19-20-16(18)21)10-12(17)4-3-11-9-14(22-2)5-6-15(11)17/h5-6,9-10H,3-4,7-8H2,1-2H3,(H3,18,20,21)/b19-13+. The van der Waals surface area contributed by atoms with Crippen molar-refractivity contribution in [2.24, 2.45) is 10.8 Å². The molecule has 1 aromatic rings. The smallest absolute Gasteiger partial charge is 0.332 e. The summed E-state index contributed by atoms with van der Waals surface area (Å²) >= 11 is 0. The molecule has 0 saturated carbocycles. The Labute approximate surface area is 130 Å². The number of benzene rings is 1. The summed E-state index contributed by atoms with van der Waals surface area (Å²) in [6.45, 7) is 2.29. The molecule has 1 atom stereocenters. The fourth-order valence-corrected chi connectivity index (χ4v) is 3.55. The molecule has 1 unspecified atom stereocenters. The van der Waals surface area contributed by atoms with E-state index < -0.39 is 6.03 Å². The number of ether oxygens (including phenoxy) is 1. The quantitative estimate of drug-likeness (QED) is 0.824. The number of hydrazone groups is 1. The fourth-order valence-electron chi connectivity index (χ4n) is 3.55. The number of primary amides is 1. The third kappa shape index (κ3) is 2.47. The van der Waals surface area contributed by atoms with E-state index in [9.17, 15) is 4.79 Å². The van der Waals surface area contributed by atoms with Gasteiger partial charge in [0.2, 0.25) is 0 Å². The SMILES string of the molecule is COc1ccc2c(c1)CCC1=C/C(=N/NC(N)=O)CCC12C. The van der Waals surface area contributed by atoms with Gasteiger partial charge in [0.1, 0.15) is 5.75 Å². The van der Waals surface area contributed by atoms with E-state index in [-0.39, 0.29) is 5.41 Å². The second kappa shape index (κ2) is 5.48. The minimum absolute atomic E-state index is 0.0472. The monoisotopic (exact) mass is 299 g/mol. The Kier molecular flexibility index (Phi) is 3.64. The van der Waals surface area contributed by atoms with E-state index in [1.807, 2.05) is 6.07 Å². The molecule has 22 heavy (non-hydrogen) atoms. The van der Waals surface area contributed by atoms with Crippen molar-refractivity contribution in [1.82, 2.24) is 5.43 Å². The summed E-state index contributed by atoms with van der Waals surface area (Å²) in [6, 6.07) is 5.74. The molecular formula is C17H21N3O2. The predicted molar refractivity (Wildman–Crippen MR) is 86.1 cm³/mol. The van der Waals surface area contributed by atoms with Crippen LogP contribution in [0.2, 0.25) is 0 Å². The van der Waals surface area contributed by atoms with Crippen LogP contribution in [0, 0.1) is 0 Å². The number of fused-ring (bicyclic) bond motifs is 3. The molecular weight excluding hydrogens is 278 g/mol. The predicted octanol–water partition coefficient (Wildman–Crippen LogP) is 2.64. The molecule has 1 aromatic carbocycles. The van der Waals surface area contributed by atoms with E-state index >= 15 is 0 Å². The highest BCUT2D eigenvalue weighted by atomic mass is 16.5. The summed E-state index contributed by atoms with van der Waals surface area (Å²) < 4.78 is 5.33. The molecule has 0 bridgehead atoms. The molecule has 0 fully saturated rings. The number of nitrogens with two attached hydrogens (primary N) is 1. The van der Waals surface area contributed by atoms with Crippen molar-refractivity contribution in [3.8, 4) is 5.75 Å². The number of amides is 2. The van der Waals surface area contributed by atoms with Gasteiger partial charge in [-0.2, -0.15) is 5.10 Å². The number of methoxy groups -OCH3 is 1. The molecule has 3 N–H and O–H groups in total. The number of nitrogens with one attached hydrogen (secondary N) is 1. The average Bonchev–Trinajstić information content (AvgIpc) is 2.52. The molecule has 0 heterocycles. The van der Waals surface area contributed by atoms with Gasteiger partial charge in [-0.3, -0.25) is 0 Å². The molecule has 0 aliphatic heterocycles. The summed E-state index contributed by atoms with van der Waals surface area (Å²) in [6.07, 6.45) is 5.94. The van der Waals surface area contributed by atoms with Crippen LogP contribution in [0.5, 0.6) is 5.75 Å². The van der Waals surface area contributed by atoms with Crippen LogP contribution in [0.1, 0.15) is 37.3 Å². The Bertz CT molecular complexity index is 678. The molecule has 2 aliphatic rings. The minimum atomic E-state index is -0.625. The number of allylic oxidation sites excluding steroid dienone is 2. The zero-order valence-electron chi connectivity index (χ0n) is 13.0. The second-order valence-electron chi connectivity index (χ2n) is 6.10.